The minimum Gasteiger partial charge on any atom is -0.382 e. The van der Waals surface area contributed by atoms with Gasteiger partial charge in [-0.25, -0.2) is 9.66 Å². The Labute approximate surface area is 123 Å². The smallest absolute Gasteiger partial charge is 0.160 e. The van der Waals surface area contributed by atoms with E-state index in [0.717, 1.165) is 24.1 Å². The SMILES string of the molecule is CCCn1cc(-c2nc(-c3ccccc3)n(N)c2N)cn1. The molecule has 0 fully saturated rings. The molecule has 0 aliphatic carbocycles. The molecule has 0 bridgehead atoms. The Morgan fingerprint density at radius 2 is 1.90 bits per heavy atom. The number of rotatable bonds is 4. The molecule has 108 valence electrons. The summed E-state index contributed by atoms with van der Waals surface area (Å²) in [5.74, 6) is 7.12. The predicted octanol–water partition coefficient (Wildman–Crippen LogP) is 2.12. The summed E-state index contributed by atoms with van der Waals surface area (Å²) in [6.07, 6.45) is 4.73. The number of imidazole rings is 1. The van der Waals surface area contributed by atoms with Crippen LogP contribution >= 0.6 is 0 Å². The van der Waals surface area contributed by atoms with Gasteiger partial charge in [0.15, 0.2) is 11.6 Å². The summed E-state index contributed by atoms with van der Waals surface area (Å²) in [4.78, 5) is 4.58. The molecule has 1 aromatic carbocycles. The number of benzene rings is 1. The van der Waals surface area contributed by atoms with E-state index in [1.807, 2.05) is 41.2 Å². The van der Waals surface area contributed by atoms with Gasteiger partial charge >= 0.3 is 0 Å². The van der Waals surface area contributed by atoms with Crippen molar-refractivity contribution >= 4 is 5.82 Å². The summed E-state index contributed by atoms with van der Waals surface area (Å²) >= 11 is 0. The molecule has 0 aliphatic rings. The Kier molecular flexibility index (Phi) is 3.35. The Morgan fingerprint density at radius 3 is 2.62 bits per heavy atom. The van der Waals surface area contributed by atoms with E-state index in [1.165, 1.54) is 4.68 Å². The van der Waals surface area contributed by atoms with E-state index in [9.17, 15) is 0 Å². The van der Waals surface area contributed by atoms with E-state index in [4.69, 9.17) is 11.6 Å². The number of hydrogen-bond acceptors (Lipinski definition) is 4. The van der Waals surface area contributed by atoms with Crippen LogP contribution in [-0.2, 0) is 6.54 Å². The highest BCUT2D eigenvalue weighted by Gasteiger charge is 2.17. The molecule has 4 N–H and O–H groups in total. The molecule has 21 heavy (non-hydrogen) atoms. The molecule has 6 nitrogen and oxygen atoms in total. The van der Waals surface area contributed by atoms with E-state index in [-0.39, 0.29) is 0 Å². The molecule has 0 unspecified atom stereocenters. The van der Waals surface area contributed by atoms with Crippen LogP contribution in [0, 0.1) is 0 Å². The average molecular weight is 282 g/mol. The van der Waals surface area contributed by atoms with Gasteiger partial charge in [0.05, 0.1) is 6.20 Å². The Balaban J connectivity index is 2.04. The van der Waals surface area contributed by atoms with E-state index >= 15 is 0 Å². The van der Waals surface area contributed by atoms with E-state index < -0.39 is 0 Å². The summed E-state index contributed by atoms with van der Waals surface area (Å²) in [5.41, 5.74) is 8.57. The lowest BCUT2D eigenvalue weighted by atomic mass is 10.2. The van der Waals surface area contributed by atoms with Crippen molar-refractivity contribution in [3.05, 3.63) is 42.7 Å². The zero-order valence-corrected chi connectivity index (χ0v) is 11.9. The number of nitrogens with zero attached hydrogens (tertiary/aromatic N) is 4. The quantitative estimate of drug-likeness (QED) is 0.717. The largest absolute Gasteiger partial charge is 0.382 e. The molecule has 0 radical (unpaired) electrons. The normalized spacial score (nSPS) is 10.9. The number of nitrogen functional groups attached to an aromatic ring is 2. The highest BCUT2D eigenvalue weighted by Crippen LogP contribution is 2.29. The fourth-order valence-corrected chi connectivity index (χ4v) is 2.29. The third-order valence-corrected chi connectivity index (χ3v) is 3.34. The maximum absolute atomic E-state index is 6.09. The maximum atomic E-state index is 6.09. The molecular formula is C15H18N6. The minimum absolute atomic E-state index is 0.435. The number of anilines is 1. The summed E-state index contributed by atoms with van der Waals surface area (Å²) < 4.78 is 3.30. The zero-order valence-electron chi connectivity index (χ0n) is 11.9. The topological polar surface area (TPSA) is 87.7 Å². The van der Waals surface area contributed by atoms with Crippen molar-refractivity contribution in [2.45, 2.75) is 19.9 Å². The lowest BCUT2D eigenvalue weighted by molar-refractivity contribution is 0.603. The van der Waals surface area contributed by atoms with Crippen LogP contribution in [0.15, 0.2) is 42.7 Å². The van der Waals surface area contributed by atoms with Gasteiger partial charge in [0.25, 0.3) is 0 Å². The lowest BCUT2D eigenvalue weighted by Gasteiger charge is -2.01. The highest BCUT2D eigenvalue weighted by molar-refractivity contribution is 5.74. The number of aryl methyl sites for hydroxylation is 1. The van der Waals surface area contributed by atoms with Crippen molar-refractivity contribution in [3.63, 3.8) is 0 Å². The second kappa shape index (κ2) is 5.32. The Morgan fingerprint density at radius 1 is 1.14 bits per heavy atom. The molecule has 0 aliphatic heterocycles. The van der Waals surface area contributed by atoms with Crippen LogP contribution in [0.2, 0.25) is 0 Å². The summed E-state index contributed by atoms with van der Waals surface area (Å²) in [6.45, 7) is 2.98. The molecule has 0 amide bonds. The molecular weight excluding hydrogens is 264 g/mol. The average Bonchev–Trinajstić information content (AvgIpc) is 3.07. The lowest BCUT2D eigenvalue weighted by Crippen LogP contribution is -2.13. The van der Waals surface area contributed by atoms with Crippen LogP contribution in [-0.4, -0.2) is 19.4 Å². The first-order valence-corrected chi connectivity index (χ1v) is 6.92. The van der Waals surface area contributed by atoms with Crippen molar-refractivity contribution in [1.82, 2.24) is 19.4 Å². The maximum Gasteiger partial charge on any atom is 0.160 e. The molecule has 2 heterocycles. The van der Waals surface area contributed by atoms with Gasteiger partial charge in [0, 0.05) is 23.9 Å². The predicted molar refractivity (Wildman–Crippen MR) is 83.7 cm³/mol. The molecule has 0 spiro atoms. The second-order valence-corrected chi connectivity index (χ2v) is 4.90. The fourth-order valence-electron chi connectivity index (χ4n) is 2.29. The third-order valence-electron chi connectivity index (χ3n) is 3.34. The first kappa shape index (κ1) is 13.2. The molecule has 0 saturated heterocycles. The summed E-state index contributed by atoms with van der Waals surface area (Å²) in [7, 11) is 0. The van der Waals surface area contributed by atoms with E-state index in [0.29, 0.717) is 17.3 Å². The monoisotopic (exact) mass is 282 g/mol. The van der Waals surface area contributed by atoms with Crippen molar-refractivity contribution < 1.29 is 0 Å². The number of aromatic nitrogens is 4. The molecule has 0 atom stereocenters. The molecule has 2 aromatic heterocycles. The fraction of sp³-hybridized carbons (Fsp3) is 0.200. The highest BCUT2D eigenvalue weighted by atomic mass is 15.4. The molecule has 0 saturated carbocycles. The number of hydrogen-bond donors (Lipinski definition) is 2. The van der Waals surface area contributed by atoms with E-state index in [2.05, 4.69) is 17.0 Å². The van der Waals surface area contributed by atoms with Gasteiger partial charge in [-0.15, -0.1) is 0 Å². The van der Waals surface area contributed by atoms with Crippen LogP contribution in [0.3, 0.4) is 0 Å². The molecule has 6 heteroatoms. The summed E-state index contributed by atoms with van der Waals surface area (Å²) in [6, 6.07) is 9.75. The summed E-state index contributed by atoms with van der Waals surface area (Å²) in [5, 5.41) is 4.31. The van der Waals surface area contributed by atoms with Crippen LogP contribution in [0.5, 0.6) is 0 Å². The van der Waals surface area contributed by atoms with Crippen molar-refractivity contribution in [1.29, 1.82) is 0 Å². The van der Waals surface area contributed by atoms with Crippen LogP contribution in [0.4, 0.5) is 5.82 Å². The van der Waals surface area contributed by atoms with E-state index in [1.54, 1.807) is 6.20 Å². The van der Waals surface area contributed by atoms with Gasteiger partial charge < -0.3 is 11.6 Å². The first-order chi connectivity index (χ1) is 10.2. The minimum atomic E-state index is 0.435. The van der Waals surface area contributed by atoms with Gasteiger partial charge in [-0.05, 0) is 6.42 Å². The third kappa shape index (κ3) is 2.35. The van der Waals surface area contributed by atoms with Crippen molar-refractivity contribution in [2.75, 3.05) is 11.6 Å². The van der Waals surface area contributed by atoms with Crippen LogP contribution in [0.25, 0.3) is 22.6 Å². The molecule has 3 rings (SSSR count). The Bertz CT molecular complexity index is 741. The van der Waals surface area contributed by atoms with Gasteiger partial charge in [0.2, 0.25) is 0 Å². The van der Waals surface area contributed by atoms with Crippen LogP contribution in [0.1, 0.15) is 13.3 Å². The van der Waals surface area contributed by atoms with Gasteiger partial charge in [-0.2, -0.15) is 5.10 Å². The first-order valence-electron chi connectivity index (χ1n) is 6.92. The van der Waals surface area contributed by atoms with Crippen molar-refractivity contribution in [3.8, 4) is 22.6 Å². The van der Waals surface area contributed by atoms with Gasteiger partial charge in [-0.3, -0.25) is 4.68 Å². The molecule has 3 aromatic rings. The zero-order chi connectivity index (χ0) is 14.8. The van der Waals surface area contributed by atoms with Crippen molar-refractivity contribution in [2.24, 2.45) is 0 Å². The van der Waals surface area contributed by atoms with Crippen LogP contribution < -0.4 is 11.6 Å². The Hall–Kier alpha value is -2.76. The number of nitrogens with two attached hydrogens (primary N) is 2. The van der Waals surface area contributed by atoms with Gasteiger partial charge in [-0.1, -0.05) is 37.3 Å². The standard InChI is InChI=1S/C15H18N6/c1-2-8-20-10-12(9-18-20)13-14(16)21(17)15(19-13)11-6-4-3-5-7-11/h3-7,9-10H,2,8,16-17H2,1H3. The second-order valence-electron chi connectivity index (χ2n) is 4.90. The van der Waals surface area contributed by atoms with Gasteiger partial charge in [0.1, 0.15) is 5.69 Å².